The molecule has 0 saturated heterocycles. The Morgan fingerprint density at radius 2 is 2.11 bits per heavy atom. The van der Waals surface area contributed by atoms with Gasteiger partial charge in [0.05, 0.1) is 23.5 Å². The maximum Gasteiger partial charge on any atom is 0.138 e. The van der Waals surface area contributed by atoms with Crippen LogP contribution in [-0.4, -0.2) is 9.38 Å². The van der Waals surface area contributed by atoms with E-state index < -0.39 is 0 Å². The lowest BCUT2D eigenvalue weighted by Gasteiger charge is -2.03. The Bertz CT molecular complexity index is 763. The van der Waals surface area contributed by atoms with E-state index >= 15 is 0 Å². The molecule has 0 radical (unpaired) electrons. The summed E-state index contributed by atoms with van der Waals surface area (Å²) in [5, 5.41) is 8.87. The maximum atomic E-state index is 8.87. The van der Waals surface area contributed by atoms with Crippen molar-refractivity contribution in [3.05, 3.63) is 59.9 Å². The van der Waals surface area contributed by atoms with Crippen LogP contribution in [-0.2, 0) is 0 Å². The zero-order valence-electron chi connectivity index (χ0n) is 9.96. The van der Waals surface area contributed by atoms with Crippen molar-refractivity contribution >= 4 is 5.65 Å². The molecular weight excluding hydrogens is 222 g/mol. The van der Waals surface area contributed by atoms with E-state index in [0.717, 1.165) is 16.9 Å². The summed E-state index contributed by atoms with van der Waals surface area (Å²) in [6, 6.07) is 14.0. The summed E-state index contributed by atoms with van der Waals surface area (Å²) in [5.41, 5.74) is 4.82. The average Bonchev–Trinajstić information content (AvgIpc) is 2.81. The van der Waals surface area contributed by atoms with Gasteiger partial charge in [-0.3, -0.25) is 4.40 Å². The number of aromatic nitrogens is 2. The van der Waals surface area contributed by atoms with Gasteiger partial charge in [-0.25, -0.2) is 4.98 Å². The smallest absolute Gasteiger partial charge is 0.138 e. The SMILES string of the molecule is Cc1cccc(-c2cnc3cc(C#N)ccn23)c1. The third-order valence-corrected chi connectivity index (χ3v) is 2.96. The standard InChI is InChI=1S/C15H11N3/c1-11-3-2-4-13(7-11)14-10-17-15-8-12(9-16)5-6-18(14)15/h2-8,10H,1H3. The molecule has 0 atom stereocenters. The monoisotopic (exact) mass is 233 g/mol. The fourth-order valence-corrected chi connectivity index (χ4v) is 2.07. The second-order valence-electron chi connectivity index (χ2n) is 4.27. The third kappa shape index (κ3) is 1.64. The second-order valence-corrected chi connectivity index (χ2v) is 4.27. The topological polar surface area (TPSA) is 41.1 Å². The summed E-state index contributed by atoms with van der Waals surface area (Å²) in [6.07, 6.45) is 3.73. The van der Waals surface area contributed by atoms with Crippen LogP contribution in [0.3, 0.4) is 0 Å². The van der Waals surface area contributed by atoms with Crippen LogP contribution in [0.5, 0.6) is 0 Å². The molecule has 18 heavy (non-hydrogen) atoms. The minimum atomic E-state index is 0.629. The first-order chi connectivity index (χ1) is 8.78. The van der Waals surface area contributed by atoms with Crippen LogP contribution >= 0.6 is 0 Å². The summed E-state index contributed by atoms with van der Waals surface area (Å²) in [7, 11) is 0. The van der Waals surface area contributed by atoms with E-state index in [1.807, 2.05) is 22.9 Å². The van der Waals surface area contributed by atoms with Gasteiger partial charge in [-0.2, -0.15) is 5.26 Å². The summed E-state index contributed by atoms with van der Waals surface area (Å²) < 4.78 is 2.00. The molecule has 0 unspecified atom stereocenters. The Balaban J connectivity index is 2.22. The highest BCUT2D eigenvalue weighted by Crippen LogP contribution is 2.22. The molecule has 0 fully saturated rings. The van der Waals surface area contributed by atoms with Crippen molar-refractivity contribution in [3.8, 4) is 17.3 Å². The van der Waals surface area contributed by atoms with Gasteiger partial charge in [0.1, 0.15) is 5.65 Å². The molecule has 0 bridgehead atoms. The van der Waals surface area contributed by atoms with E-state index in [1.165, 1.54) is 5.56 Å². The molecule has 0 N–H and O–H groups in total. The number of nitriles is 1. The minimum absolute atomic E-state index is 0.629. The highest BCUT2D eigenvalue weighted by Gasteiger charge is 2.06. The van der Waals surface area contributed by atoms with E-state index in [0.29, 0.717) is 5.56 Å². The number of pyridine rings is 1. The Labute approximate surface area is 105 Å². The number of hydrogen-bond acceptors (Lipinski definition) is 2. The highest BCUT2D eigenvalue weighted by atomic mass is 15.0. The van der Waals surface area contributed by atoms with Crippen LogP contribution in [0, 0.1) is 18.3 Å². The molecule has 0 spiro atoms. The van der Waals surface area contributed by atoms with Crippen LogP contribution in [0.1, 0.15) is 11.1 Å². The largest absolute Gasteiger partial charge is 0.300 e. The van der Waals surface area contributed by atoms with Gasteiger partial charge in [-0.15, -0.1) is 0 Å². The Morgan fingerprint density at radius 3 is 2.89 bits per heavy atom. The molecule has 3 aromatic rings. The predicted molar refractivity (Wildman–Crippen MR) is 70.1 cm³/mol. The predicted octanol–water partition coefficient (Wildman–Crippen LogP) is 3.18. The first-order valence-corrected chi connectivity index (χ1v) is 5.72. The average molecular weight is 233 g/mol. The van der Waals surface area contributed by atoms with Crippen LogP contribution < -0.4 is 0 Å². The molecule has 0 amide bonds. The Hall–Kier alpha value is -2.60. The summed E-state index contributed by atoms with van der Waals surface area (Å²) in [4.78, 5) is 4.35. The van der Waals surface area contributed by atoms with E-state index in [9.17, 15) is 0 Å². The highest BCUT2D eigenvalue weighted by molar-refractivity contribution is 5.65. The minimum Gasteiger partial charge on any atom is -0.300 e. The molecule has 3 nitrogen and oxygen atoms in total. The fraction of sp³-hybridized carbons (Fsp3) is 0.0667. The van der Waals surface area contributed by atoms with E-state index in [2.05, 4.69) is 36.2 Å². The lowest BCUT2D eigenvalue weighted by molar-refractivity contribution is 1.18. The molecule has 3 rings (SSSR count). The molecule has 2 aromatic heterocycles. The van der Waals surface area contributed by atoms with Crippen molar-refractivity contribution in [1.29, 1.82) is 5.26 Å². The number of benzene rings is 1. The summed E-state index contributed by atoms with van der Waals surface area (Å²) >= 11 is 0. The zero-order valence-corrected chi connectivity index (χ0v) is 9.96. The Kier molecular flexibility index (Phi) is 2.35. The third-order valence-electron chi connectivity index (χ3n) is 2.96. The molecule has 0 aliphatic rings. The van der Waals surface area contributed by atoms with Gasteiger partial charge in [0, 0.05) is 11.8 Å². The van der Waals surface area contributed by atoms with Crippen molar-refractivity contribution in [2.45, 2.75) is 6.92 Å². The maximum absolute atomic E-state index is 8.87. The van der Waals surface area contributed by atoms with Crippen molar-refractivity contribution < 1.29 is 0 Å². The lowest BCUT2D eigenvalue weighted by atomic mass is 10.1. The molecule has 2 heterocycles. The van der Waals surface area contributed by atoms with Gasteiger partial charge >= 0.3 is 0 Å². The van der Waals surface area contributed by atoms with Crippen molar-refractivity contribution in [2.75, 3.05) is 0 Å². The van der Waals surface area contributed by atoms with E-state index in [1.54, 1.807) is 12.1 Å². The molecular formula is C15H11N3. The van der Waals surface area contributed by atoms with Crippen molar-refractivity contribution in [3.63, 3.8) is 0 Å². The van der Waals surface area contributed by atoms with E-state index in [-0.39, 0.29) is 0 Å². The molecule has 3 heteroatoms. The zero-order chi connectivity index (χ0) is 12.5. The van der Waals surface area contributed by atoms with Gasteiger partial charge < -0.3 is 0 Å². The van der Waals surface area contributed by atoms with Crippen molar-refractivity contribution in [2.24, 2.45) is 0 Å². The van der Waals surface area contributed by atoms with Crippen LogP contribution in [0.4, 0.5) is 0 Å². The summed E-state index contributed by atoms with van der Waals surface area (Å²) in [5.74, 6) is 0. The van der Waals surface area contributed by atoms with E-state index in [4.69, 9.17) is 5.26 Å². The first-order valence-electron chi connectivity index (χ1n) is 5.72. The quantitative estimate of drug-likeness (QED) is 0.647. The molecule has 0 saturated carbocycles. The van der Waals surface area contributed by atoms with Gasteiger partial charge in [0.15, 0.2) is 0 Å². The number of nitrogens with zero attached hydrogens (tertiary/aromatic N) is 3. The van der Waals surface area contributed by atoms with Gasteiger partial charge in [0.25, 0.3) is 0 Å². The molecule has 0 aliphatic heterocycles. The number of rotatable bonds is 1. The van der Waals surface area contributed by atoms with Gasteiger partial charge in [0.2, 0.25) is 0 Å². The van der Waals surface area contributed by atoms with Gasteiger partial charge in [-0.05, 0) is 25.1 Å². The van der Waals surface area contributed by atoms with Gasteiger partial charge in [-0.1, -0.05) is 23.8 Å². The number of fused-ring (bicyclic) bond motifs is 1. The van der Waals surface area contributed by atoms with Crippen LogP contribution in [0.2, 0.25) is 0 Å². The number of aryl methyl sites for hydroxylation is 1. The van der Waals surface area contributed by atoms with Crippen LogP contribution in [0.15, 0.2) is 48.8 Å². The first kappa shape index (κ1) is 10.5. The second kappa shape index (κ2) is 4.01. The van der Waals surface area contributed by atoms with Crippen molar-refractivity contribution in [1.82, 2.24) is 9.38 Å². The fourth-order valence-electron chi connectivity index (χ4n) is 2.07. The summed E-state index contributed by atoms with van der Waals surface area (Å²) in [6.45, 7) is 2.07. The lowest BCUT2D eigenvalue weighted by Crippen LogP contribution is -1.89. The molecule has 1 aromatic carbocycles. The molecule has 0 aliphatic carbocycles. The number of hydrogen-bond donors (Lipinski definition) is 0. The number of imidazole rings is 1. The Morgan fingerprint density at radius 1 is 1.22 bits per heavy atom. The molecule has 86 valence electrons. The normalized spacial score (nSPS) is 10.4. The van der Waals surface area contributed by atoms with Crippen LogP contribution in [0.25, 0.3) is 16.9 Å².